The summed E-state index contributed by atoms with van der Waals surface area (Å²) < 4.78 is 10.2. The van der Waals surface area contributed by atoms with Crippen LogP contribution in [0.3, 0.4) is 0 Å². The van der Waals surface area contributed by atoms with Crippen LogP contribution in [0.15, 0.2) is 23.0 Å². The first-order valence-corrected chi connectivity index (χ1v) is 4.61. The van der Waals surface area contributed by atoms with Crippen molar-refractivity contribution in [1.82, 2.24) is 0 Å². The van der Waals surface area contributed by atoms with E-state index < -0.39 is 11.6 Å². The smallest absolute Gasteiger partial charge is 0.336 e. The molecule has 0 amide bonds. The normalized spacial score (nSPS) is 26.6. The molecule has 0 saturated carbocycles. The molecule has 1 aromatic rings. The lowest BCUT2D eigenvalue weighted by molar-refractivity contribution is -0.159. The van der Waals surface area contributed by atoms with Crippen LogP contribution in [0.1, 0.15) is 18.4 Å². The van der Waals surface area contributed by atoms with Gasteiger partial charge in [0, 0.05) is 13.0 Å². The lowest BCUT2D eigenvalue weighted by atomic mass is 9.93. The zero-order valence-corrected chi connectivity index (χ0v) is 7.73. The molecule has 1 fully saturated rings. The van der Waals surface area contributed by atoms with Crippen LogP contribution >= 0.6 is 0 Å². The van der Waals surface area contributed by atoms with Crippen LogP contribution in [0, 0.1) is 0 Å². The minimum atomic E-state index is -1.02. The van der Waals surface area contributed by atoms with E-state index >= 15 is 0 Å². The zero-order valence-electron chi connectivity index (χ0n) is 7.73. The van der Waals surface area contributed by atoms with Crippen molar-refractivity contribution in [3.63, 3.8) is 0 Å². The first-order chi connectivity index (χ1) is 6.73. The fourth-order valence-electron chi connectivity index (χ4n) is 1.80. The highest BCUT2D eigenvalue weighted by Crippen LogP contribution is 2.29. The molecule has 4 nitrogen and oxygen atoms in total. The van der Waals surface area contributed by atoms with Crippen molar-refractivity contribution in [3.8, 4) is 0 Å². The molecular formula is C10H12O4. The van der Waals surface area contributed by atoms with Crippen molar-refractivity contribution in [3.05, 3.63) is 24.2 Å². The molecule has 0 bridgehead atoms. The zero-order chi connectivity index (χ0) is 10.0. The number of carboxylic acid groups (broad SMARTS) is 1. The molecular weight excluding hydrogens is 184 g/mol. The van der Waals surface area contributed by atoms with Crippen LogP contribution in [-0.4, -0.2) is 23.3 Å². The molecule has 1 unspecified atom stereocenters. The van der Waals surface area contributed by atoms with Crippen LogP contribution in [0.5, 0.6) is 0 Å². The van der Waals surface area contributed by atoms with Gasteiger partial charge in [-0.05, 0) is 24.5 Å². The number of ether oxygens (including phenoxy) is 1. The van der Waals surface area contributed by atoms with Crippen molar-refractivity contribution >= 4 is 5.97 Å². The molecule has 14 heavy (non-hydrogen) atoms. The van der Waals surface area contributed by atoms with E-state index in [1.165, 1.54) is 0 Å². The van der Waals surface area contributed by atoms with Crippen LogP contribution in [0.4, 0.5) is 0 Å². The van der Waals surface area contributed by atoms with Gasteiger partial charge in [0.2, 0.25) is 0 Å². The second-order valence-electron chi connectivity index (χ2n) is 3.56. The van der Waals surface area contributed by atoms with Gasteiger partial charge >= 0.3 is 5.97 Å². The summed E-state index contributed by atoms with van der Waals surface area (Å²) >= 11 is 0. The standard InChI is InChI=1S/C10H12O4/c11-9(12)10(3-1-4-14-10)6-8-2-5-13-7-8/h2,5,7H,1,3-4,6H2,(H,11,12). The number of hydrogen-bond acceptors (Lipinski definition) is 3. The fraction of sp³-hybridized carbons (Fsp3) is 0.500. The van der Waals surface area contributed by atoms with Crippen molar-refractivity contribution in [2.75, 3.05) is 6.61 Å². The number of carboxylic acids is 1. The molecule has 2 heterocycles. The minimum absolute atomic E-state index is 0.388. The molecule has 0 radical (unpaired) electrons. The maximum Gasteiger partial charge on any atom is 0.336 e. The summed E-state index contributed by atoms with van der Waals surface area (Å²) in [5.74, 6) is -0.879. The van der Waals surface area contributed by atoms with E-state index in [2.05, 4.69) is 0 Å². The quantitative estimate of drug-likeness (QED) is 0.794. The molecule has 1 saturated heterocycles. The Morgan fingerprint density at radius 3 is 3.00 bits per heavy atom. The van der Waals surface area contributed by atoms with Gasteiger partial charge in [-0.15, -0.1) is 0 Å². The second-order valence-corrected chi connectivity index (χ2v) is 3.56. The van der Waals surface area contributed by atoms with Crippen LogP contribution in [-0.2, 0) is 16.0 Å². The largest absolute Gasteiger partial charge is 0.479 e. The third-order valence-corrected chi connectivity index (χ3v) is 2.56. The van der Waals surface area contributed by atoms with Gasteiger partial charge in [-0.1, -0.05) is 0 Å². The van der Waals surface area contributed by atoms with E-state index in [-0.39, 0.29) is 0 Å². The Kier molecular flexibility index (Phi) is 2.29. The van der Waals surface area contributed by atoms with Crippen molar-refractivity contribution in [1.29, 1.82) is 0 Å². The topological polar surface area (TPSA) is 59.7 Å². The summed E-state index contributed by atoms with van der Waals surface area (Å²) in [5, 5.41) is 9.11. The molecule has 0 aromatic carbocycles. The van der Waals surface area contributed by atoms with Crippen molar-refractivity contribution in [2.45, 2.75) is 24.9 Å². The number of rotatable bonds is 3. The Bertz CT molecular complexity index is 309. The average Bonchev–Trinajstić information content (AvgIpc) is 2.76. The predicted octanol–water partition coefficient (Wildman–Crippen LogP) is 1.46. The van der Waals surface area contributed by atoms with Crippen LogP contribution in [0.2, 0.25) is 0 Å². The number of hydrogen-bond donors (Lipinski definition) is 1. The third-order valence-electron chi connectivity index (χ3n) is 2.56. The van der Waals surface area contributed by atoms with Crippen molar-refractivity contribution in [2.24, 2.45) is 0 Å². The molecule has 1 aliphatic heterocycles. The van der Waals surface area contributed by atoms with Gasteiger partial charge in [-0.25, -0.2) is 4.79 Å². The molecule has 1 N–H and O–H groups in total. The average molecular weight is 196 g/mol. The van der Waals surface area contributed by atoms with Crippen molar-refractivity contribution < 1.29 is 19.1 Å². The van der Waals surface area contributed by atoms with E-state index in [1.807, 2.05) is 0 Å². The monoisotopic (exact) mass is 196 g/mol. The molecule has 0 aliphatic carbocycles. The summed E-state index contributed by atoms with van der Waals surface area (Å²) in [6.07, 6.45) is 4.88. The highest BCUT2D eigenvalue weighted by atomic mass is 16.5. The summed E-state index contributed by atoms with van der Waals surface area (Å²) in [7, 11) is 0. The summed E-state index contributed by atoms with van der Waals surface area (Å²) in [5.41, 5.74) is -0.154. The minimum Gasteiger partial charge on any atom is -0.479 e. The van der Waals surface area contributed by atoms with Gasteiger partial charge < -0.3 is 14.3 Å². The SMILES string of the molecule is O=C(O)C1(Cc2ccoc2)CCCO1. The Morgan fingerprint density at radius 2 is 2.50 bits per heavy atom. The van der Waals surface area contributed by atoms with E-state index in [4.69, 9.17) is 14.3 Å². The molecule has 1 atom stereocenters. The lowest BCUT2D eigenvalue weighted by Gasteiger charge is -2.22. The van der Waals surface area contributed by atoms with Crippen LogP contribution < -0.4 is 0 Å². The maximum atomic E-state index is 11.1. The Balaban J connectivity index is 2.16. The maximum absolute atomic E-state index is 11.1. The lowest BCUT2D eigenvalue weighted by Crippen LogP contribution is -2.39. The van der Waals surface area contributed by atoms with E-state index in [9.17, 15) is 4.79 Å². The summed E-state index contributed by atoms with van der Waals surface area (Å²) in [6.45, 7) is 0.532. The van der Waals surface area contributed by atoms with Gasteiger partial charge in [0.25, 0.3) is 0 Å². The first-order valence-electron chi connectivity index (χ1n) is 4.61. The van der Waals surface area contributed by atoms with E-state index in [1.54, 1.807) is 18.6 Å². The predicted molar refractivity (Wildman–Crippen MR) is 48.0 cm³/mol. The fourth-order valence-corrected chi connectivity index (χ4v) is 1.80. The number of carbonyl (C=O) groups is 1. The van der Waals surface area contributed by atoms with Gasteiger partial charge in [0.15, 0.2) is 5.60 Å². The second kappa shape index (κ2) is 3.46. The van der Waals surface area contributed by atoms with Crippen LogP contribution in [0.25, 0.3) is 0 Å². The Hall–Kier alpha value is -1.29. The van der Waals surface area contributed by atoms with Gasteiger partial charge in [0.1, 0.15) is 0 Å². The molecule has 4 heteroatoms. The highest BCUT2D eigenvalue weighted by molar-refractivity contribution is 5.78. The van der Waals surface area contributed by atoms with Gasteiger partial charge in [0.05, 0.1) is 12.5 Å². The highest BCUT2D eigenvalue weighted by Gasteiger charge is 2.43. The van der Waals surface area contributed by atoms with E-state index in [0.717, 1.165) is 12.0 Å². The Morgan fingerprint density at radius 1 is 1.64 bits per heavy atom. The molecule has 2 rings (SSSR count). The summed E-state index contributed by atoms with van der Waals surface area (Å²) in [4.78, 5) is 11.1. The van der Waals surface area contributed by atoms with Gasteiger partial charge in [-0.2, -0.15) is 0 Å². The molecule has 1 aliphatic rings. The number of aliphatic carboxylic acids is 1. The first kappa shape index (κ1) is 9.27. The Labute approximate surface area is 81.5 Å². The molecule has 76 valence electrons. The summed E-state index contributed by atoms with van der Waals surface area (Å²) in [6, 6.07) is 1.77. The number of furan rings is 1. The third kappa shape index (κ3) is 1.53. The van der Waals surface area contributed by atoms with E-state index in [0.29, 0.717) is 19.4 Å². The van der Waals surface area contributed by atoms with Gasteiger partial charge in [-0.3, -0.25) is 0 Å². The molecule has 1 aromatic heterocycles. The molecule has 0 spiro atoms.